The number of methoxy groups -OCH3 is 1. The minimum absolute atomic E-state index is 0.0730. The molecule has 0 aromatic heterocycles. The SMILES string of the molecule is CCC(C)c1ccc(OCC(=O)NN=Cc2cc(OC)c(O)c([N+](=O)[O-])c2)cc1. The highest BCUT2D eigenvalue weighted by Gasteiger charge is 2.19. The van der Waals surface area contributed by atoms with Crippen LogP contribution >= 0.6 is 0 Å². The zero-order valence-corrected chi connectivity index (χ0v) is 16.4. The van der Waals surface area contributed by atoms with Crippen LogP contribution in [0.1, 0.15) is 37.3 Å². The van der Waals surface area contributed by atoms with Gasteiger partial charge in [0.2, 0.25) is 5.75 Å². The summed E-state index contributed by atoms with van der Waals surface area (Å²) in [5.41, 5.74) is 3.22. The summed E-state index contributed by atoms with van der Waals surface area (Å²) in [6.45, 7) is 4.02. The van der Waals surface area contributed by atoms with Gasteiger partial charge in [-0.05, 0) is 36.1 Å². The van der Waals surface area contributed by atoms with Crippen molar-refractivity contribution in [3.63, 3.8) is 0 Å². The average molecular weight is 401 g/mol. The number of carbonyl (C=O) groups is 1. The molecule has 0 saturated heterocycles. The molecule has 0 saturated carbocycles. The molecule has 0 aliphatic rings. The summed E-state index contributed by atoms with van der Waals surface area (Å²) >= 11 is 0. The highest BCUT2D eigenvalue weighted by Crippen LogP contribution is 2.36. The molecule has 154 valence electrons. The van der Waals surface area contributed by atoms with Crippen LogP contribution in [0, 0.1) is 10.1 Å². The van der Waals surface area contributed by atoms with Gasteiger partial charge in [0.25, 0.3) is 5.91 Å². The van der Waals surface area contributed by atoms with Crippen LogP contribution in [0.5, 0.6) is 17.2 Å². The second-order valence-corrected chi connectivity index (χ2v) is 6.31. The normalized spacial score (nSPS) is 11.8. The topological polar surface area (TPSA) is 123 Å². The number of hydrogen-bond acceptors (Lipinski definition) is 7. The van der Waals surface area contributed by atoms with Gasteiger partial charge in [0, 0.05) is 11.6 Å². The zero-order chi connectivity index (χ0) is 21.4. The van der Waals surface area contributed by atoms with E-state index in [1.54, 1.807) is 12.1 Å². The minimum Gasteiger partial charge on any atom is -0.500 e. The molecule has 0 heterocycles. The Morgan fingerprint density at radius 2 is 2.03 bits per heavy atom. The van der Waals surface area contributed by atoms with Gasteiger partial charge in [-0.1, -0.05) is 26.0 Å². The van der Waals surface area contributed by atoms with Crippen molar-refractivity contribution in [3.8, 4) is 17.2 Å². The number of phenols is 1. The fourth-order valence-corrected chi connectivity index (χ4v) is 2.47. The van der Waals surface area contributed by atoms with Gasteiger partial charge in [-0.3, -0.25) is 14.9 Å². The molecule has 0 aliphatic heterocycles. The van der Waals surface area contributed by atoms with Crippen molar-refractivity contribution in [1.82, 2.24) is 5.43 Å². The average Bonchev–Trinajstić information content (AvgIpc) is 2.72. The molecule has 9 heteroatoms. The van der Waals surface area contributed by atoms with E-state index in [0.717, 1.165) is 12.5 Å². The highest BCUT2D eigenvalue weighted by molar-refractivity contribution is 5.85. The monoisotopic (exact) mass is 401 g/mol. The van der Waals surface area contributed by atoms with E-state index in [1.165, 1.54) is 25.0 Å². The largest absolute Gasteiger partial charge is 0.500 e. The third-order valence-corrected chi connectivity index (χ3v) is 4.33. The van der Waals surface area contributed by atoms with Crippen molar-refractivity contribution >= 4 is 17.8 Å². The van der Waals surface area contributed by atoms with Crippen molar-refractivity contribution < 1.29 is 24.3 Å². The molecule has 2 rings (SSSR count). The van der Waals surface area contributed by atoms with E-state index in [9.17, 15) is 20.0 Å². The molecular formula is C20H23N3O6. The number of nitro groups is 1. The first-order chi connectivity index (χ1) is 13.8. The molecule has 1 unspecified atom stereocenters. The molecule has 0 radical (unpaired) electrons. The summed E-state index contributed by atoms with van der Waals surface area (Å²) < 4.78 is 10.3. The molecule has 1 atom stereocenters. The van der Waals surface area contributed by atoms with Crippen LogP contribution in [-0.2, 0) is 4.79 Å². The summed E-state index contributed by atoms with van der Waals surface area (Å²) in [7, 11) is 1.27. The number of nitrogens with one attached hydrogen (secondary N) is 1. The molecule has 2 N–H and O–H groups in total. The predicted molar refractivity (Wildman–Crippen MR) is 108 cm³/mol. The fourth-order valence-electron chi connectivity index (χ4n) is 2.47. The Morgan fingerprint density at radius 1 is 1.34 bits per heavy atom. The lowest BCUT2D eigenvalue weighted by atomic mass is 9.99. The van der Waals surface area contributed by atoms with E-state index < -0.39 is 22.3 Å². The van der Waals surface area contributed by atoms with Crippen LogP contribution in [0.25, 0.3) is 0 Å². The Kier molecular flexibility index (Phi) is 7.53. The first kappa shape index (κ1) is 21.7. The molecule has 29 heavy (non-hydrogen) atoms. The van der Waals surface area contributed by atoms with Gasteiger partial charge in [-0.25, -0.2) is 5.43 Å². The summed E-state index contributed by atoms with van der Waals surface area (Å²) in [5, 5.41) is 24.5. The third kappa shape index (κ3) is 5.93. The van der Waals surface area contributed by atoms with Crippen molar-refractivity contribution in [3.05, 3.63) is 57.6 Å². The lowest BCUT2D eigenvalue weighted by molar-refractivity contribution is -0.386. The summed E-state index contributed by atoms with van der Waals surface area (Å²) in [6, 6.07) is 10.0. The van der Waals surface area contributed by atoms with Gasteiger partial charge in [-0.15, -0.1) is 0 Å². The number of amides is 1. The van der Waals surface area contributed by atoms with Crippen LogP contribution in [0.3, 0.4) is 0 Å². The molecule has 2 aromatic carbocycles. The summed E-state index contributed by atoms with van der Waals surface area (Å²) in [4.78, 5) is 22.1. The van der Waals surface area contributed by atoms with Crippen LogP contribution in [0.2, 0.25) is 0 Å². The third-order valence-electron chi connectivity index (χ3n) is 4.33. The molecular weight excluding hydrogens is 378 g/mol. The van der Waals surface area contributed by atoms with E-state index in [1.807, 2.05) is 12.1 Å². The standard InChI is InChI=1S/C20H23N3O6/c1-4-13(2)15-5-7-16(8-6-15)29-12-19(24)22-21-11-14-9-17(23(26)27)20(25)18(10-14)28-3/h5-11,13,25H,4,12H2,1-3H3,(H,22,24). The maximum Gasteiger partial charge on any atom is 0.315 e. The minimum atomic E-state index is -0.742. The Balaban J connectivity index is 1.93. The van der Waals surface area contributed by atoms with Crippen LogP contribution in [0.4, 0.5) is 5.69 Å². The quantitative estimate of drug-likeness (QED) is 0.377. The van der Waals surface area contributed by atoms with E-state index in [0.29, 0.717) is 11.7 Å². The first-order valence-electron chi connectivity index (χ1n) is 8.95. The second-order valence-electron chi connectivity index (χ2n) is 6.31. The number of hydrazone groups is 1. The van der Waals surface area contributed by atoms with Gasteiger partial charge in [-0.2, -0.15) is 5.10 Å². The number of phenolic OH excluding ortho intramolecular Hbond substituents is 1. The van der Waals surface area contributed by atoms with E-state index in [-0.39, 0.29) is 17.9 Å². The smallest absolute Gasteiger partial charge is 0.315 e. The molecule has 0 aliphatic carbocycles. The van der Waals surface area contributed by atoms with Crippen molar-refractivity contribution in [2.75, 3.05) is 13.7 Å². The van der Waals surface area contributed by atoms with E-state index in [4.69, 9.17) is 9.47 Å². The number of ether oxygens (including phenoxy) is 2. The van der Waals surface area contributed by atoms with Crippen LogP contribution < -0.4 is 14.9 Å². The van der Waals surface area contributed by atoms with E-state index in [2.05, 4.69) is 24.4 Å². The lowest BCUT2D eigenvalue weighted by Gasteiger charge is -2.10. The summed E-state index contributed by atoms with van der Waals surface area (Å²) in [6.07, 6.45) is 2.24. The maximum absolute atomic E-state index is 11.9. The van der Waals surface area contributed by atoms with Gasteiger partial charge in [0.15, 0.2) is 12.4 Å². The Bertz CT molecular complexity index is 896. The Hall–Kier alpha value is -3.62. The number of nitrogens with zero attached hydrogens (tertiary/aromatic N) is 2. The number of carbonyl (C=O) groups excluding carboxylic acids is 1. The molecule has 1 amide bonds. The number of nitro benzene ring substituents is 1. The number of benzene rings is 2. The van der Waals surface area contributed by atoms with Gasteiger partial charge in [0.05, 0.1) is 18.2 Å². The van der Waals surface area contributed by atoms with Gasteiger partial charge in [0.1, 0.15) is 5.75 Å². The van der Waals surface area contributed by atoms with Crippen LogP contribution in [-0.4, -0.2) is 35.9 Å². The molecule has 2 aromatic rings. The Morgan fingerprint density at radius 3 is 2.62 bits per heavy atom. The second kappa shape index (κ2) is 10.1. The Labute approximate surface area is 168 Å². The first-order valence-corrected chi connectivity index (χ1v) is 8.95. The predicted octanol–water partition coefficient (Wildman–Crippen LogP) is 3.35. The molecule has 0 bridgehead atoms. The number of aromatic hydroxyl groups is 1. The van der Waals surface area contributed by atoms with Crippen molar-refractivity contribution in [2.45, 2.75) is 26.2 Å². The van der Waals surface area contributed by atoms with Crippen LogP contribution in [0.15, 0.2) is 41.5 Å². The lowest BCUT2D eigenvalue weighted by Crippen LogP contribution is -2.24. The highest BCUT2D eigenvalue weighted by atomic mass is 16.6. The number of hydrogen-bond donors (Lipinski definition) is 2. The van der Waals surface area contributed by atoms with Gasteiger partial charge < -0.3 is 14.6 Å². The van der Waals surface area contributed by atoms with E-state index >= 15 is 0 Å². The van der Waals surface area contributed by atoms with Crippen molar-refractivity contribution in [2.24, 2.45) is 5.10 Å². The van der Waals surface area contributed by atoms with Gasteiger partial charge >= 0.3 is 5.69 Å². The maximum atomic E-state index is 11.9. The van der Waals surface area contributed by atoms with Crippen molar-refractivity contribution in [1.29, 1.82) is 0 Å². The zero-order valence-electron chi connectivity index (χ0n) is 16.4. The molecule has 0 fully saturated rings. The summed E-state index contributed by atoms with van der Waals surface area (Å²) in [5.74, 6) is -0.124. The molecule has 9 nitrogen and oxygen atoms in total. The molecule has 0 spiro atoms. The fraction of sp³-hybridized carbons (Fsp3) is 0.300. The number of rotatable bonds is 9.